The van der Waals surface area contributed by atoms with Gasteiger partial charge >= 0.3 is 12.0 Å². The van der Waals surface area contributed by atoms with Crippen molar-refractivity contribution in [3.8, 4) is 0 Å². The van der Waals surface area contributed by atoms with E-state index in [4.69, 9.17) is 5.11 Å². The van der Waals surface area contributed by atoms with Gasteiger partial charge in [-0.05, 0) is 26.2 Å². The first-order valence-corrected chi connectivity index (χ1v) is 6.50. The highest BCUT2D eigenvalue weighted by Crippen LogP contribution is 2.25. The quantitative estimate of drug-likeness (QED) is 0.663. The van der Waals surface area contributed by atoms with Crippen LogP contribution in [0.5, 0.6) is 0 Å². The molecular formula is C12H21N3O4. The van der Waals surface area contributed by atoms with Gasteiger partial charge < -0.3 is 20.6 Å². The van der Waals surface area contributed by atoms with Crippen LogP contribution in [0.4, 0.5) is 4.79 Å². The number of nitrogens with zero attached hydrogens (tertiary/aromatic N) is 1. The number of nitrogens with one attached hydrogen (secondary N) is 2. The van der Waals surface area contributed by atoms with E-state index in [0.29, 0.717) is 0 Å². The average Bonchev–Trinajstić information content (AvgIpc) is 2.74. The van der Waals surface area contributed by atoms with Gasteiger partial charge in [0.2, 0.25) is 5.91 Å². The van der Waals surface area contributed by atoms with Crippen molar-refractivity contribution in [1.82, 2.24) is 15.5 Å². The lowest BCUT2D eigenvalue weighted by Gasteiger charge is -2.28. The van der Waals surface area contributed by atoms with E-state index in [2.05, 4.69) is 10.6 Å². The molecule has 0 bridgehead atoms. The van der Waals surface area contributed by atoms with Gasteiger partial charge in [-0.25, -0.2) is 4.79 Å². The van der Waals surface area contributed by atoms with Crippen molar-refractivity contribution < 1.29 is 19.5 Å². The molecule has 108 valence electrons. The number of urea groups is 1. The number of aliphatic carboxylic acids is 1. The third-order valence-electron chi connectivity index (χ3n) is 3.33. The summed E-state index contributed by atoms with van der Waals surface area (Å²) in [7, 11) is 0. The van der Waals surface area contributed by atoms with Crippen LogP contribution in [-0.4, -0.2) is 53.1 Å². The van der Waals surface area contributed by atoms with Gasteiger partial charge in [0, 0.05) is 12.1 Å². The van der Waals surface area contributed by atoms with Crippen LogP contribution < -0.4 is 10.6 Å². The van der Waals surface area contributed by atoms with Gasteiger partial charge in [0.05, 0.1) is 6.54 Å². The van der Waals surface area contributed by atoms with Crippen LogP contribution in [0.25, 0.3) is 0 Å². The van der Waals surface area contributed by atoms with Gasteiger partial charge in [0.25, 0.3) is 0 Å². The minimum Gasteiger partial charge on any atom is -0.480 e. The summed E-state index contributed by atoms with van der Waals surface area (Å²) in [5.74, 6) is -1.62. The molecule has 1 rings (SSSR count). The smallest absolute Gasteiger partial charge is 0.322 e. The first-order valence-electron chi connectivity index (χ1n) is 6.50. The van der Waals surface area contributed by atoms with Crippen molar-refractivity contribution in [2.45, 2.75) is 45.2 Å². The van der Waals surface area contributed by atoms with E-state index in [-0.39, 0.29) is 24.7 Å². The Balaban J connectivity index is 2.38. The monoisotopic (exact) mass is 271 g/mol. The molecule has 0 radical (unpaired) electrons. The second kappa shape index (κ2) is 6.96. The zero-order chi connectivity index (χ0) is 14.4. The summed E-state index contributed by atoms with van der Waals surface area (Å²) in [5, 5.41) is 13.1. The van der Waals surface area contributed by atoms with Gasteiger partial charge in [0.1, 0.15) is 6.54 Å². The van der Waals surface area contributed by atoms with Crippen LogP contribution in [0.2, 0.25) is 0 Å². The Bertz CT molecular complexity index is 359. The normalized spacial score (nSPS) is 22.1. The van der Waals surface area contributed by atoms with Gasteiger partial charge in [-0.2, -0.15) is 0 Å². The molecule has 0 aliphatic carbocycles. The van der Waals surface area contributed by atoms with Gasteiger partial charge in [-0.1, -0.05) is 6.92 Å². The molecule has 7 nitrogen and oxygen atoms in total. The predicted molar refractivity (Wildman–Crippen MR) is 68.7 cm³/mol. The zero-order valence-corrected chi connectivity index (χ0v) is 11.3. The number of carbonyl (C=O) groups excluding carboxylic acids is 2. The molecule has 1 aliphatic heterocycles. The number of hydrogen-bond acceptors (Lipinski definition) is 3. The van der Waals surface area contributed by atoms with Crippen molar-refractivity contribution in [2.24, 2.45) is 0 Å². The molecule has 0 saturated carbocycles. The molecule has 19 heavy (non-hydrogen) atoms. The number of carboxylic acid groups (broad SMARTS) is 1. The number of amides is 3. The maximum atomic E-state index is 12.0. The SMILES string of the molecule is CCC1CCC(C)N1C(=O)NCC(=O)NCC(=O)O. The van der Waals surface area contributed by atoms with Crippen LogP contribution in [0.15, 0.2) is 0 Å². The van der Waals surface area contributed by atoms with E-state index in [9.17, 15) is 14.4 Å². The molecule has 0 spiro atoms. The maximum Gasteiger partial charge on any atom is 0.322 e. The summed E-state index contributed by atoms with van der Waals surface area (Å²) >= 11 is 0. The number of rotatable bonds is 5. The molecule has 0 aromatic carbocycles. The summed E-state index contributed by atoms with van der Waals surface area (Å²) < 4.78 is 0. The Labute approximate surface area is 112 Å². The van der Waals surface area contributed by atoms with Gasteiger partial charge in [-0.15, -0.1) is 0 Å². The Hall–Kier alpha value is -1.79. The molecule has 1 aliphatic rings. The zero-order valence-electron chi connectivity index (χ0n) is 11.3. The lowest BCUT2D eigenvalue weighted by molar-refractivity contribution is -0.137. The molecule has 1 heterocycles. The van der Waals surface area contributed by atoms with E-state index < -0.39 is 18.4 Å². The Kier molecular flexibility index (Phi) is 5.59. The fourth-order valence-corrected chi connectivity index (χ4v) is 2.32. The van der Waals surface area contributed by atoms with Gasteiger partial charge in [-0.3, -0.25) is 9.59 Å². The molecule has 3 N–H and O–H groups in total. The summed E-state index contributed by atoms with van der Waals surface area (Å²) in [4.78, 5) is 35.3. The Morgan fingerprint density at radius 1 is 1.21 bits per heavy atom. The topological polar surface area (TPSA) is 98.7 Å². The fourth-order valence-electron chi connectivity index (χ4n) is 2.32. The molecule has 7 heteroatoms. The Morgan fingerprint density at radius 2 is 1.89 bits per heavy atom. The summed E-state index contributed by atoms with van der Waals surface area (Å²) in [6.45, 7) is 3.38. The summed E-state index contributed by atoms with van der Waals surface area (Å²) in [6.07, 6.45) is 2.84. The molecule has 3 amide bonds. The predicted octanol–water partition coefficient (Wildman–Crippen LogP) is 0.160. The lowest BCUT2D eigenvalue weighted by atomic mass is 10.2. The molecule has 2 unspecified atom stereocenters. The minimum absolute atomic E-state index is 0.173. The molecular weight excluding hydrogens is 250 g/mol. The summed E-state index contributed by atoms with van der Waals surface area (Å²) in [5.41, 5.74) is 0. The molecule has 1 fully saturated rings. The standard InChI is InChI=1S/C12H21N3O4/c1-3-9-5-4-8(2)15(9)12(19)14-6-10(16)13-7-11(17)18/h8-9H,3-7H2,1-2H3,(H,13,16)(H,14,19)(H,17,18). The van der Waals surface area contributed by atoms with E-state index in [1.54, 1.807) is 4.90 Å². The summed E-state index contributed by atoms with van der Waals surface area (Å²) in [6, 6.07) is 0.131. The van der Waals surface area contributed by atoms with Crippen molar-refractivity contribution >= 4 is 17.9 Å². The average molecular weight is 271 g/mol. The number of carbonyl (C=O) groups is 3. The highest BCUT2D eigenvalue weighted by atomic mass is 16.4. The fraction of sp³-hybridized carbons (Fsp3) is 0.750. The second-order valence-corrected chi connectivity index (χ2v) is 4.72. The van der Waals surface area contributed by atoms with Gasteiger partial charge in [0.15, 0.2) is 0 Å². The van der Waals surface area contributed by atoms with Crippen LogP contribution in [-0.2, 0) is 9.59 Å². The molecule has 0 aromatic rings. The van der Waals surface area contributed by atoms with E-state index in [0.717, 1.165) is 19.3 Å². The van der Waals surface area contributed by atoms with E-state index >= 15 is 0 Å². The van der Waals surface area contributed by atoms with Crippen molar-refractivity contribution in [2.75, 3.05) is 13.1 Å². The number of likely N-dealkylation sites (tertiary alicyclic amines) is 1. The van der Waals surface area contributed by atoms with Crippen LogP contribution >= 0.6 is 0 Å². The van der Waals surface area contributed by atoms with Crippen molar-refractivity contribution in [3.63, 3.8) is 0 Å². The van der Waals surface area contributed by atoms with E-state index in [1.165, 1.54) is 0 Å². The highest BCUT2D eigenvalue weighted by molar-refractivity contribution is 5.86. The first-order chi connectivity index (χ1) is 8.95. The van der Waals surface area contributed by atoms with Crippen LogP contribution in [0.1, 0.15) is 33.1 Å². The lowest BCUT2D eigenvalue weighted by Crippen LogP contribution is -2.48. The van der Waals surface area contributed by atoms with E-state index in [1.807, 2.05) is 13.8 Å². The Morgan fingerprint density at radius 3 is 2.47 bits per heavy atom. The first kappa shape index (κ1) is 15.3. The van der Waals surface area contributed by atoms with Crippen molar-refractivity contribution in [3.05, 3.63) is 0 Å². The molecule has 0 aromatic heterocycles. The minimum atomic E-state index is -1.11. The number of carboxylic acids is 1. The maximum absolute atomic E-state index is 12.0. The molecule has 1 saturated heterocycles. The third-order valence-corrected chi connectivity index (χ3v) is 3.33. The highest BCUT2D eigenvalue weighted by Gasteiger charge is 2.33. The molecule has 2 atom stereocenters. The largest absolute Gasteiger partial charge is 0.480 e. The third kappa shape index (κ3) is 4.42. The number of hydrogen-bond donors (Lipinski definition) is 3. The van der Waals surface area contributed by atoms with Crippen molar-refractivity contribution in [1.29, 1.82) is 0 Å². The second-order valence-electron chi connectivity index (χ2n) is 4.72. The van der Waals surface area contributed by atoms with Crippen LogP contribution in [0.3, 0.4) is 0 Å². The van der Waals surface area contributed by atoms with Crippen LogP contribution in [0, 0.1) is 0 Å².